The summed E-state index contributed by atoms with van der Waals surface area (Å²) in [5.41, 5.74) is 0.0932. The molecule has 0 aromatic heterocycles. The Kier molecular flexibility index (Phi) is 5.67. The first-order chi connectivity index (χ1) is 9.89. The Bertz CT molecular complexity index is 335. The molecular weight excluding hydrogens is 264 g/mol. The highest BCUT2D eigenvalue weighted by Gasteiger charge is 2.30. The molecule has 0 atom stereocenters. The van der Waals surface area contributed by atoms with Crippen LogP contribution in [0.1, 0.15) is 52.9 Å². The van der Waals surface area contributed by atoms with Gasteiger partial charge in [-0.3, -0.25) is 4.79 Å². The molecule has 2 rings (SSSR count). The van der Waals surface area contributed by atoms with Gasteiger partial charge in [-0.2, -0.15) is 0 Å². The third-order valence-electron chi connectivity index (χ3n) is 4.83. The van der Waals surface area contributed by atoms with Crippen LogP contribution in [0.5, 0.6) is 0 Å². The van der Waals surface area contributed by atoms with E-state index in [2.05, 4.69) is 30.6 Å². The number of likely N-dealkylation sites (tertiary alicyclic amines) is 2. The first-order valence-corrected chi connectivity index (χ1v) is 8.43. The fraction of sp³-hybridized carbons (Fsp3) is 0.941. The zero-order valence-corrected chi connectivity index (χ0v) is 14.2. The summed E-state index contributed by atoms with van der Waals surface area (Å²) in [6.45, 7) is 10.6. The topological polar surface area (TPSA) is 32.8 Å². The lowest BCUT2D eigenvalue weighted by Crippen LogP contribution is -2.50. The summed E-state index contributed by atoms with van der Waals surface area (Å²) in [6, 6.07) is 0.668. The van der Waals surface area contributed by atoms with Crippen molar-refractivity contribution in [3.63, 3.8) is 0 Å². The molecule has 0 saturated carbocycles. The van der Waals surface area contributed by atoms with Crippen molar-refractivity contribution >= 4 is 5.91 Å². The molecule has 1 amide bonds. The molecule has 2 heterocycles. The summed E-state index contributed by atoms with van der Waals surface area (Å²) in [5.74, 6) is 0.332. The molecule has 0 aliphatic carbocycles. The summed E-state index contributed by atoms with van der Waals surface area (Å²) >= 11 is 0. The van der Waals surface area contributed by atoms with Crippen molar-refractivity contribution in [1.82, 2.24) is 9.80 Å². The summed E-state index contributed by atoms with van der Waals surface area (Å²) in [6.07, 6.45) is 5.69. The number of nitrogens with zero attached hydrogens (tertiary/aromatic N) is 2. The minimum Gasteiger partial charge on any atom is -0.381 e. The van der Waals surface area contributed by atoms with Crippen molar-refractivity contribution in [3.8, 4) is 0 Å². The minimum absolute atomic E-state index is 0.0932. The first kappa shape index (κ1) is 16.8. The zero-order chi connectivity index (χ0) is 15.5. The van der Waals surface area contributed by atoms with Gasteiger partial charge >= 0.3 is 0 Å². The van der Waals surface area contributed by atoms with E-state index in [0.29, 0.717) is 24.5 Å². The van der Waals surface area contributed by atoms with E-state index >= 15 is 0 Å². The summed E-state index contributed by atoms with van der Waals surface area (Å²) < 4.78 is 5.44. The lowest BCUT2D eigenvalue weighted by Gasteiger charge is -2.42. The van der Waals surface area contributed by atoms with Crippen LogP contribution >= 0.6 is 0 Å². The maximum absolute atomic E-state index is 12.3. The molecule has 0 aromatic carbocycles. The average Bonchev–Trinajstić information content (AvgIpc) is 2.46. The van der Waals surface area contributed by atoms with Gasteiger partial charge in [0.05, 0.1) is 6.10 Å². The second-order valence-electron chi connectivity index (χ2n) is 7.82. The number of rotatable bonds is 3. The van der Waals surface area contributed by atoms with Crippen LogP contribution in [0.4, 0.5) is 0 Å². The lowest BCUT2D eigenvalue weighted by atomic mass is 9.91. The first-order valence-electron chi connectivity index (χ1n) is 8.43. The Balaban J connectivity index is 1.75. The molecule has 0 radical (unpaired) electrons. The molecular formula is C17H32N2O2. The Morgan fingerprint density at radius 3 is 2.10 bits per heavy atom. The number of piperidine rings is 2. The number of carbonyl (C=O) groups excluding carboxylic acids is 1. The molecule has 2 aliphatic heterocycles. The molecule has 2 fully saturated rings. The number of hydrogen-bond donors (Lipinski definition) is 0. The lowest BCUT2D eigenvalue weighted by molar-refractivity contribution is -0.134. The quantitative estimate of drug-likeness (QED) is 0.802. The van der Waals surface area contributed by atoms with Crippen molar-refractivity contribution in [3.05, 3.63) is 0 Å². The molecule has 2 saturated heterocycles. The Hall–Kier alpha value is -0.610. The molecule has 0 bridgehead atoms. The van der Waals surface area contributed by atoms with Gasteiger partial charge in [-0.15, -0.1) is 0 Å². The van der Waals surface area contributed by atoms with Crippen LogP contribution in [0.25, 0.3) is 0 Å². The SMILES string of the molecule is COC1CCN(C2CCN(C(=O)CC(C)(C)C)CC2)CC1. The third kappa shape index (κ3) is 4.96. The van der Waals surface area contributed by atoms with Crippen LogP contribution in [0.15, 0.2) is 0 Å². The van der Waals surface area contributed by atoms with Gasteiger partial charge in [0.1, 0.15) is 0 Å². The van der Waals surface area contributed by atoms with E-state index in [1.165, 1.54) is 0 Å². The predicted octanol–water partition coefficient (Wildman–Crippen LogP) is 2.52. The molecule has 2 aliphatic rings. The zero-order valence-electron chi connectivity index (χ0n) is 14.2. The molecule has 4 nitrogen and oxygen atoms in total. The largest absolute Gasteiger partial charge is 0.381 e. The summed E-state index contributed by atoms with van der Waals surface area (Å²) in [4.78, 5) is 17.0. The van der Waals surface area contributed by atoms with Crippen LogP contribution in [-0.2, 0) is 9.53 Å². The Labute approximate surface area is 129 Å². The van der Waals surface area contributed by atoms with Gasteiger partial charge in [-0.05, 0) is 31.1 Å². The van der Waals surface area contributed by atoms with Gasteiger partial charge < -0.3 is 14.5 Å². The highest BCUT2D eigenvalue weighted by atomic mass is 16.5. The molecule has 0 aromatic rings. The second-order valence-corrected chi connectivity index (χ2v) is 7.82. The predicted molar refractivity (Wildman–Crippen MR) is 85.3 cm³/mol. The fourth-order valence-electron chi connectivity index (χ4n) is 3.52. The number of hydrogen-bond acceptors (Lipinski definition) is 3. The highest BCUT2D eigenvalue weighted by Crippen LogP contribution is 2.25. The number of amides is 1. The van der Waals surface area contributed by atoms with E-state index in [0.717, 1.165) is 51.9 Å². The normalized spacial score (nSPS) is 23.5. The van der Waals surface area contributed by atoms with Crippen molar-refractivity contribution in [2.45, 2.75) is 65.0 Å². The number of methoxy groups -OCH3 is 1. The number of ether oxygens (including phenoxy) is 1. The Morgan fingerprint density at radius 1 is 1.05 bits per heavy atom. The standard InChI is InChI=1S/C17H32N2O2/c1-17(2,3)13-16(20)19-9-5-14(6-10-19)18-11-7-15(21-4)8-12-18/h14-15H,5-13H2,1-4H3. The van der Waals surface area contributed by atoms with Gasteiger partial charge in [0.15, 0.2) is 0 Å². The van der Waals surface area contributed by atoms with E-state index in [1.54, 1.807) is 0 Å². The summed E-state index contributed by atoms with van der Waals surface area (Å²) in [5, 5.41) is 0. The molecule has 122 valence electrons. The van der Waals surface area contributed by atoms with E-state index < -0.39 is 0 Å². The van der Waals surface area contributed by atoms with Gasteiger partial charge in [-0.1, -0.05) is 20.8 Å². The van der Waals surface area contributed by atoms with Gasteiger partial charge in [-0.25, -0.2) is 0 Å². The molecule has 0 spiro atoms. The second kappa shape index (κ2) is 7.10. The van der Waals surface area contributed by atoms with E-state index in [4.69, 9.17) is 4.74 Å². The number of carbonyl (C=O) groups is 1. The Morgan fingerprint density at radius 2 is 1.62 bits per heavy atom. The van der Waals surface area contributed by atoms with Gasteiger partial charge in [0.25, 0.3) is 0 Å². The van der Waals surface area contributed by atoms with Crippen LogP contribution < -0.4 is 0 Å². The molecule has 4 heteroatoms. The molecule has 21 heavy (non-hydrogen) atoms. The molecule has 0 N–H and O–H groups in total. The maximum Gasteiger partial charge on any atom is 0.223 e. The average molecular weight is 296 g/mol. The van der Waals surface area contributed by atoms with Crippen LogP contribution in [0.2, 0.25) is 0 Å². The van der Waals surface area contributed by atoms with Gasteiger partial charge in [0.2, 0.25) is 5.91 Å². The third-order valence-corrected chi connectivity index (χ3v) is 4.83. The van der Waals surface area contributed by atoms with E-state index in [-0.39, 0.29) is 5.41 Å². The van der Waals surface area contributed by atoms with E-state index in [1.807, 2.05) is 7.11 Å². The van der Waals surface area contributed by atoms with Crippen molar-refractivity contribution in [1.29, 1.82) is 0 Å². The smallest absolute Gasteiger partial charge is 0.223 e. The van der Waals surface area contributed by atoms with Crippen molar-refractivity contribution in [2.75, 3.05) is 33.3 Å². The van der Waals surface area contributed by atoms with E-state index in [9.17, 15) is 4.79 Å². The maximum atomic E-state index is 12.3. The van der Waals surface area contributed by atoms with Crippen LogP contribution in [0, 0.1) is 5.41 Å². The minimum atomic E-state index is 0.0932. The van der Waals surface area contributed by atoms with Crippen LogP contribution in [-0.4, -0.2) is 61.1 Å². The van der Waals surface area contributed by atoms with Gasteiger partial charge in [0, 0.05) is 45.8 Å². The summed E-state index contributed by atoms with van der Waals surface area (Å²) in [7, 11) is 1.82. The fourth-order valence-corrected chi connectivity index (χ4v) is 3.52. The monoisotopic (exact) mass is 296 g/mol. The van der Waals surface area contributed by atoms with Crippen molar-refractivity contribution in [2.24, 2.45) is 5.41 Å². The van der Waals surface area contributed by atoms with Crippen molar-refractivity contribution < 1.29 is 9.53 Å². The van der Waals surface area contributed by atoms with Crippen LogP contribution in [0.3, 0.4) is 0 Å². The molecule has 0 unspecified atom stereocenters. The highest BCUT2D eigenvalue weighted by molar-refractivity contribution is 5.76.